The zero-order chi connectivity index (χ0) is 15.5. The van der Waals surface area contributed by atoms with Crippen molar-refractivity contribution in [3.8, 4) is 0 Å². The van der Waals surface area contributed by atoms with E-state index in [2.05, 4.69) is 17.4 Å². The van der Waals surface area contributed by atoms with E-state index in [1.54, 1.807) is 0 Å². The van der Waals surface area contributed by atoms with Crippen molar-refractivity contribution in [3.63, 3.8) is 0 Å². The Labute approximate surface area is 126 Å². The van der Waals surface area contributed by atoms with Crippen LogP contribution in [0.15, 0.2) is 30.3 Å². The van der Waals surface area contributed by atoms with Gasteiger partial charge in [0.05, 0.1) is 12.6 Å². The Kier molecular flexibility index (Phi) is 4.66. The van der Waals surface area contributed by atoms with Gasteiger partial charge in [0.15, 0.2) is 0 Å². The van der Waals surface area contributed by atoms with Crippen LogP contribution < -0.4 is 5.32 Å². The Morgan fingerprint density at radius 1 is 1.24 bits per heavy atom. The molecule has 1 aromatic rings. The predicted molar refractivity (Wildman–Crippen MR) is 82.6 cm³/mol. The maximum Gasteiger partial charge on any atom is 0.242 e. The summed E-state index contributed by atoms with van der Waals surface area (Å²) < 4.78 is 0. The molecule has 1 aliphatic rings. The summed E-state index contributed by atoms with van der Waals surface area (Å²) in [6.45, 7) is 6.38. The highest BCUT2D eigenvalue weighted by atomic mass is 16.2. The highest BCUT2D eigenvalue weighted by Crippen LogP contribution is 2.31. The van der Waals surface area contributed by atoms with Crippen LogP contribution in [0.3, 0.4) is 0 Å². The van der Waals surface area contributed by atoms with Gasteiger partial charge in [0, 0.05) is 12.0 Å². The fraction of sp³-hybridized carbons (Fsp3) is 0.529. The summed E-state index contributed by atoms with van der Waals surface area (Å²) in [5.41, 5.74) is 0.704. The number of hydrogen-bond donors (Lipinski definition) is 1. The number of nitrogens with one attached hydrogen (secondary N) is 1. The molecule has 1 aliphatic heterocycles. The minimum absolute atomic E-state index is 0.000969. The molecule has 1 atom stereocenters. The zero-order valence-corrected chi connectivity index (χ0v) is 13.1. The third-order valence-electron chi connectivity index (χ3n) is 3.84. The minimum Gasteiger partial charge on any atom is -0.347 e. The van der Waals surface area contributed by atoms with E-state index in [0.29, 0.717) is 0 Å². The topological polar surface area (TPSA) is 49.4 Å². The largest absolute Gasteiger partial charge is 0.347 e. The average molecular weight is 288 g/mol. The lowest BCUT2D eigenvalue weighted by Gasteiger charge is -2.26. The summed E-state index contributed by atoms with van der Waals surface area (Å²) in [7, 11) is 0. The lowest BCUT2D eigenvalue weighted by molar-refractivity contribution is -0.135. The van der Waals surface area contributed by atoms with E-state index in [0.717, 1.165) is 19.4 Å². The molecule has 2 amide bonds. The van der Waals surface area contributed by atoms with E-state index >= 15 is 0 Å². The molecule has 0 bridgehead atoms. The normalized spacial score (nSPS) is 18.6. The van der Waals surface area contributed by atoms with Crippen LogP contribution in [0.1, 0.15) is 45.2 Å². The van der Waals surface area contributed by atoms with E-state index in [4.69, 9.17) is 0 Å². The first-order valence-corrected chi connectivity index (χ1v) is 7.52. The molecule has 0 spiro atoms. The van der Waals surface area contributed by atoms with Crippen LogP contribution in [-0.2, 0) is 9.59 Å². The van der Waals surface area contributed by atoms with Gasteiger partial charge in [-0.15, -0.1) is 0 Å². The lowest BCUT2D eigenvalue weighted by atomic mass is 9.96. The number of rotatable bonds is 3. The molecule has 1 aromatic carbocycles. The van der Waals surface area contributed by atoms with Crippen LogP contribution in [0, 0.1) is 5.41 Å². The Balaban J connectivity index is 1.97. The van der Waals surface area contributed by atoms with Crippen molar-refractivity contribution in [3.05, 3.63) is 35.9 Å². The minimum atomic E-state index is -0.468. The second-order valence-electron chi connectivity index (χ2n) is 6.59. The molecule has 1 heterocycles. The maximum atomic E-state index is 12.4. The number of benzene rings is 1. The molecule has 4 nitrogen and oxygen atoms in total. The number of amides is 2. The fourth-order valence-electron chi connectivity index (χ4n) is 2.61. The van der Waals surface area contributed by atoms with E-state index in [-0.39, 0.29) is 24.4 Å². The van der Waals surface area contributed by atoms with Crippen LogP contribution in [0.4, 0.5) is 0 Å². The molecule has 0 radical (unpaired) electrons. The van der Waals surface area contributed by atoms with Crippen molar-refractivity contribution in [2.75, 3.05) is 13.1 Å². The van der Waals surface area contributed by atoms with Gasteiger partial charge in [-0.1, -0.05) is 51.1 Å². The highest BCUT2D eigenvalue weighted by molar-refractivity contribution is 5.87. The number of hydrogen-bond acceptors (Lipinski definition) is 2. The summed E-state index contributed by atoms with van der Waals surface area (Å²) in [4.78, 5) is 26.1. The van der Waals surface area contributed by atoms with Gasteiger partial charge in [-0.05, 0) is 18.4 Å². The zero-order valence-electron chi connectivity index (χ0n) is 13.1. The van der Waals surface area contributed by atoms with Crippen molar-refractivity contribution < 1.29 is 9.59 Å². The average Bonchev–Trinajstić information content (AvgIpc) is 2.93. The van der Waals surface area contributed by atoms with Crippen LogP contribution >= 0.6 is 0 Å². The lowest BCUT2D eigenvalue weighted by Crippen LogP contribution is -2.43. The van der Waals surface area contributed by atoms with Gasteiger partial charge in [0.25, 0.3) is 0 Å². The SMILES string of the molecule is CC(C)(C)C(=O)NCC(=O)N1CCCC1c1ccccc1. The number of likely N-dealkylation sites (tertiary alicyclic amines) is 1. The van der Waals surface area contributed by atoms with Gasteiger partial charge >= 0.3 is 0 Å². The van der Waals surface area contributed by atoms with Crippen LogP contribution in [0.25, 0.3) is 0 Å². The molecule has 1 fully saturated rings. The van der Waals surface area contributed by atoms with Gasteiger partial charge in [-0.2, -0.15) is 0 Å². The van der Waals surface area contributed by atoms with Gasteiger partial charge in [0.2, 0.25) is 11.8 Å². The van der Waals surface area contributed by atoms with Crippen molar-refractivity contribution in [1.29, 1.82) is 0 Å². The van der Waals surface area contributed by atoms with E-state index in [1.807, 2.05) is 43.9 Å². The molecule has 0 saturated carbocycles. The fourth-order valence-corrected chi connectivity index (χ4v) is 2.61. The molecular formula is C17H24N2O2. The molecule has 0 aliphatic carbocycles. The first-order valence-electron chi connectivity index (χ1n) is 7.52. The molecule has 4 heteroatoms. The van der Waals surface area contributed by atoms with Crippen molar-refractivity contribution in [2.45, 2.75) is 39.7 Å². The Hall–Kier alpha value is -1.84. The summed E-state index contributed by atoms with van der Waals surface area (Å²) in [6, 6.07) is 10.2. The summed E-state index contributed by atoms with van der Waals surface area (Å²) in [6.07, 6.45) is 2.00. The molecule has 0 aromatic heterocycles. The van der Waals surface area contributed by atoms with Gasteiger partial charge in [-0.25, -0.2) is 0 Å². The van der Waals surface area contributed by atoms with Crippen molar-refractivity contribution >= 4 is 11.8 Å². The maximum absolute atomic E-state index is 12.4. The molecule has 114 valence electrons. The Morgan fingerprint density at radius 2 is 1.90 bits per heavy atom. The smallest absolute Gasteiger partial charge is 0.242 e. The van der Waals surface area contributed by atoms with Crippen LogP contribution in [0.2, 0.25) is 0 Å². The third kappa shape index (κ3) is 3.84. The monoisotopic (exact) mass is 288 g/mol. The van der Waals surface area contributed by atoms with Gasteiger partial charge in [0.1, 0.15) is 0 Å². The van der Waals surface area contributed by atoms with Crippen molar-refractivity contribution in [1.82, 2.24) is 10.2 Å². The number of carbonyl (C=O) groups excluding carboxylic acids is 2. The molecule has 1 N–H and O–H groups in total. The Morgan fingerprint density at radius 3 is 2.52 bits per heavy atom. The third-order valence-corrected chi connectivity index (χ3v) is 3.84. The van der Waals surface area contributed by atoms with E-state index in [1.165, 1.54) is 5.56 Å². The van der Waals surface area contributed by atoms with Gasteiger partial charge in [-0.3, -0.25) is 9.59 Å². The van der Waals surface area contributed by atoms with Crippen molar-refractivity contribution in [2.24, 2.45) is 5.41 Å². The summed E-state index contributed by atoms with van der Waals surface area (Å²) in [5, 5.41) is 2.74. The molecule has 2 rings (SSSR count). The highest BCUT2D eigenvalue weighted by Gasteiger charge is 2.30. The molecule has 1 saturated heterocycles. The standard InChI is InChI=1S/C17H24N2O2/c1-17(2,3)16(21)18-12-15(20)19-11-7-10-14(19)13-8-5-4-6-9-13/h4-6,8-9,14H,7,10-12H2,1-3H3,(H,18,21). The second-order valence-corrected chi connectivity index (χ2v) is 6.59. The van der Waals surface area contributed by atoms with Crippen LogP contribution in [0.5, 0.6) is 0 Å². The van der Waals surface area contributed by atoms with E-state index in [9.17, 15) is 9.59 Å². The molecule has 21 heavy (non-hydrogen) atoms. The summed E-state index contributed by atoms with van der Waals surface area (Å²) in [5.74, 6) is -0.0924. The Bertz CT molecular complexity index is 505. The quantitative estimate of drug-likeness (QED) is 0.929. The molecular weight excluding hydrogens is 264 g/mol. The van der Waals surface area contributed by atoms with Gasteiger partial charge < -0.3 is 10.2 Å². The molecule has 1 unspecified atom stereocenters. The number of carbonyl (C=O) groups is 2. The first-order chi connectivity index (χ1) is 9.89. The second kappa shape index (κ2) is 6.29. The van der Waals surface area contributed by atoms with E-state index < -0.39 is 5.41 Å². The van der Waals surface area contributed by atoms with Crippen LogP contribution in [-0.4, -0.2) is 29.8 Å². The predicted octanol–water partition coefficient (Wildman–Crippen LogP) is 2.51. The number of nitrogens with zero attached hydrogens (tertiary/aromatic N) is 1. The first kappa shape index (κ1) is 15.5. The summed E-state index contributed by atoms with van der Waals surface area (Å²) >= 11 is 0.